The molecule has 0 saturated heterocycles. The molecule has 0 amide bonds. The predicted molar refractivity (Wildman–Crippen MR) is 64.7 cm³/mol. The summed E-state index contributed by atoms with van der Waals surface area (Å²) in [6, 6.07) is 7.68. The first kappa shape index (κ1) is 12.5. The summed E-state index contributed by atoms with van der Waals surface area (Å²) >= 11 is 5.55. The van der Waals surface area contributed by atoms with Crippen molar-refractivity contribution in [2.75, 3.05) is 12.5 Å². The summed E-state index contributed by atoms with van der Waals surface area (Å²) in [7, 11) is 1.25. The van der Waals surface area contributed by atoms with Crippen LogP contribution in [-0.2, 0) is 16.0 Å². The molecule has 0 aromatic heterocycles. The Balaban J connectivity index is 2.63. The highest BCUT2D eigenvalue weighted by Crippen LogP contribution is 2.10. The first-order chi connectivity index (χ1) is 7.67. The van der Waals surface area contributed by atoms with Crippen LogP contribution in [0.3, 0.4) is 0 Å². The van der Waals surface area contributed by atoms with E-state index in [4.69, 9.17) is 11.6 Å². The minimum absolute atomic E-state index is 0.234. The summed E-state index contributed by atoms with van der Waals surface area (Å²) in [4.78, 5) is 10.9. The molecule has 86 valence electrons. The van der Waals surface area contributed by atoms with Gasteiger partial charge in [0.05, 0.1) is 12.8 Å². The number of anilines is 1. The lowest BCUT2D eigenvalue weighted by Gasteiger charge is -2.02. The van der Waals surface area contributed by atoms with Crippen LogP contribution in [0.1, 0.15) is 12.5 Å². The number of nitrogens with one attached hydrogen (secondary N) is 1. The van der Waals surface area contributed by atoms with Gasteiger partial charge in [-0.05, 0) is 24.1 Å². The Kier molecular flexibility index (Phi) is 4.79. The lowest BCUT2D eigenvalue weighted by Crippen LogP contribution is -2.11. The van der Waals surface area contributed by atoms with Gasteiger partial charge >= 0.3 is 5.97 Å². The van der Waals surface area contributed by atoms with Crippen molar-refractivity contribution in [3.8, 4) is 0 Å². The molecule has 0 aliphatic carbocycles. The molecule has 0 saturated carbocycles. The molecule has 1 N–H and O–H groups in total. The molecule has 0 unspecified atom stereocenters. The second kappa shape index (κ2) is 6.12. The number of nitrogens with zero attached hydrogens (tertiary/aromatic N) is 1. The molecule has 16 heavy (non-hydrogen) atoms. The number of aryl methyl sites for hydroxylation is 1. The number of carbonyl (C=O) groups is 1. The highest BCUT2D eigenvalue weighted by atomic mass is 35.5. The zero-order valence-electron chi connectivity index (χ0n) is 9.16. The molecule has 1 rings (SSSR count). The van der Waals surface area contributed by atoms with Crippen LogP contribution < -0.4 is 5.43 Å². The molecular formula is C11H13ClN2O2. The standard InChI is InChI=1S/C11H13ClN2O2/c1-3-8-4-6-9(7-5-8)13-14-10(12)11(15)16-2/h4-7,13H,3H2,1-2H3/b14-10+. The highest BCUT2D eigenvalue weighted by Gasteiger charge is 2.07. The van der Waals surface area contributed by atoms with E-state index in [9.17, 15) is 4.79 Å². The van der Waals surface area contributed by atoms with Gasteiger partial charge in [0, 0.05) is 0 Å². The maximum atomic E-state index is 10.9. The summed E-state index contributed by atoms with van der Waals surface area (Å²) in [6.07, 6.45) is 0.979. The number of halogens is 1. The Bertz CT molecular complexity index is 387. The molecule has 1 aromatic rings. The fraction of sp³-hybridized carbons (Fsp3) is 0.273. The summed E-state index contributed by atoms with van der Waals surface area (Å²) in [5, 5.41) is 3.44. The molecule has 0 aliphatic heterocycles. The molecule has 0 bridgehead atoms. The second-order valence-corrected chi connectivity index (χ2v) is 3.41. The van der Waals surface area contributed by atoms with Crippen LogP contribution >= 0.6 is 11.6 Å². The summed E-state index contributed by atoms with van der Waals surface area (Å²) in [5.41, 5.74) is 4.66. The maximum absolute atomic E-state index is 10.9. The van der Waals surface area contributed by atoms with Gasteiger partial charge in [-0.2, -0.15) is 5.10 Å². The van der Waals surface area contributed by atoms with Crippen molar-refractivity contribution in [2.24, 2.45) is 5.10 Å². The Morgan fingerprint density at radius 3 is 2.56 bits per heavy atom. The highest BCUT2D eigenvalue weighted by molar-refractivity contribution is 6.82. The SMILES string of the molecule is CCc1ccc(N/N=C(/Cl)C(=O)OC)cc1. The van der Waals surface area contributed by atoms with Crippen LogP contribution in [-0.4, -0.2) is 18.2 Å². The Labute approximate surface area is 99.2 Å². The lowest BCUT2D eigenvalue weighted by atomic mass is 10.2. The third kappa shape index (κ3) is 3.55. The van der Waals surface area contributed by atoms with Gasteiger partial charge in [-0.15, -0.1) is 0 Å². The minimum atomic E-state index is -0.667. The first-order valence-electron chi connectivity index (χ1n) is 4.83. The Morgan fingerprint density at radius 2 is 2.06 bits per heavy atom. The molecule has 1 aromatic carbocycles. The Hall–Kier alpha value is -1.55. The zero-order valence-corrected chi connectivity index (χ0v) is 9.91. The molecule has 0 atom stereocenters. The van der Waals surface area contributed by atoms with Crippen LogP contribution in [0.25, 0.3) is 0 Å². The fourth-order valence-corrected chi connectivity index (χ4v) is 1.18. The van der Waals surface area contributed by atoms with Crippen molar-refractivity contribution < 1.29 is 9.53 Å². The molecule has 5 heteroatoms. The van der Waals surface area contributed by atoms with Crippen molar-refractivity contribution in [1.29, 1.82) is 0 Å². The quantitative estimate of drug-likeness (QED) is 0.500. The number of hydrogen-bond acceptors (Lipinski definition) is 4. The van der Waals surface area contributed by atoms with Crippen molar-refractivity contribution in [3.63, 3.8) is 0 Å². The molecular weight excluding hydrogens is 228 g/mol. The van der Waals surface area contributed by atoms with Crippen LogP contribution in [0.4, 0.5) is 5.69 Å². The number of hydrogen-bond donors (Lipinski definition) is 1. The molecule has 0 heterocycles. The van der Waals surface area contributed by atoms with Crippen molar-refractivity contribution in [1.82, 2.24) is 0 Å². The number of ether oxygens (including phenoxy) is 1. The summed E-state index contributed by atoms with van der Waals surface area (Å²) in [6.45, 7) is 2.08. The molecule has 0 spiro atoms. The topological polar surface area (TPSA) is 50.7 Å². The number of rotatable bonds is 4. The van der Waals surface area contributed by atoms with Crippen LogP contribution in [0.5, 0.6) is 0 Å². The fourth-order valence-electron chi connectivity index (χ4n) is 1.06. The van der Waals surface area contributed by atoms with E-state index in [2.05, 4.69) is 22.2 Å². The minimum Gasteiger partial charge on any atom is -0.464 e. The van der Waals surface area contributed by atoms with Gasteiger partial charge < -0.3 is 4.74 Å². The van der Waals surface area contributed by atoms with E-state index in [1.165, 1.54) is 12.7 Å². The third-order valence-corrected chi connectivity index (χ3v) is 2.24. The van der Waals surface area contributed by atoms with Crippen LogP contribution in [0.15, 0.2) is 29.4 Å². The molecule has 0 fully saturated rings. The van der Waals surface area contributed by atoms with Gasteiger partial charge in [-0.3, -0.25) is 5.43 Å². The maximum Gasteiger partial charge on any atom is 0.370 e. The summed E-state index contributed by atoms with van der Waals surface area (Å²) in [5.74, 6) is -0.667. The van der Waals surface area contributed by atoms with Gasteiger partial charge in [0.1, 0.15) is 0 Å². The van der Waals surface area contributed by atoms with Crippen molar-refractivity contribution in [3.05, 3.63) is 29.8 Å². The molecule has 0 radical (unpaired) electrons. The number of carbonyl (C=O) groups excluding carboxylic acids is 1. The van der Waals surface area contributed by atoms with E-state index < -0.39 is 5.97 Å². The van der Waals surface area contributed by atoms with E-state index >= 15 is 0 Å². The van der Waals surface area contributed by atoms with Gasteiger partial charge in [0.2, 0.25) is 5.17 Å². The van der Waals surface area contributed by atoms with E-state index in [0.29, 0.717) is 0 Å². The van der Waals surface area contributed by atoms with E-state index in [1.807, 2.05) is 24.3 Å². The molecule has 4 nitrogen and oxygen atoms in total. The average molecular weight is 241 g/mol. The number of esters is 1. The average Bonchev–Trinajstić information content (AvgIpc) is 2.35. The van der Waals surface area contributed by atoms with Crippen molar-refractivity contribution in [2.45, 2.75) is 13.3 Å². The number of hydrazone groups is 1. The molecule has 0 aliphatic rings. The largest absolute Gasteiger partial charge is 0.464 e. The van der Waals surface area contributed by atoms with Gasteiger partial charge in [0.25, 0.3) is 0 Å². The first-order valence-corrected chi connectivity index (χ1v) is 5.21. The Morgan fingerprint density at radius 1 is 1.44 bits per heavy atom. The van der Waals surface area contributed by atoms with Gasteiger partial charge in [0.15, 0.2) is 0 Å². The lowest BCUT2D eigenvalue weighted by molar-refractivity contribution is -0.132. The van der Waals surface area contributed by atoms with Crippen LogP contribution in [0, 0.1) is 0 Å². The smallest absolute Gasteiger partial charge is 0.370 e. The van der Waals surface area contributed by atoms with E-state index in [0.717, 1.165) is 12.1 Å². The second-order valence-electron chi connectivity index (χ2n) is 3.06. The third-order valence-electron chi connectivity index (χ3n) is 2.00. The zero-order chi connectivity index (χ0) is 12.0. The van der Waals surface area contributed by atoms with Gasteiger partial charge in [-0.1, -0.05) is 30.7 Å². The van der Waals surface area contributed by atoms with Crippen LogP contribution in [0.2, 0.25) is 0 Å². The normalized spacial score (nSPS) is 11.1. The van der Waals surface area contributed by atoms with Crippen molar-refractivity contribution >= 4 is 28.4 Å². The number of methoxy groups -OCH3 is 1. The van der Waals surface area contributed by atoms with E-state index in [-0.39, 0.29) is 5.17 Å². The monoisotopic (exact) mass is 240 g/mol. The summed E-state index contributed by atoms with van der Waals surface area (Å²) < 4.78 is 4.40. The van der Waals surface area contributed by atoms with Gasteiger partial charge in [-0.25, -0.2) is 4.79 Å². The number of benzene rings is 1. The van der Waals surface area contributed by atoms with E-state index in [1.54, 1.807) is 0 Å². The predicted octanol–water partition coefficient (Wildman–Crippen LogP) is 2.39.